The van der Waals surface area contributed by atoms with Crippen molar-refractivity contribution in [1.82, 2.24) is 10.2 Å². The zero-order valence-corrected chi connectivity index (χ0v) is 12.6. The Morgan fingerprint density at radius 2 is 1.95 bits per heavy atom. The van der Waals surface area contributed by atoms with Crippen molar-refractivity contribution in [2.24, 2.45) is 0 Å². The van der Waals surface area contributed by atoms with Crippen molar-refractivity contribution in [3.8, 4) is 0 Å². The topological polar surface area (TPSA) is 15.3 Å². The van der Waals surface area contributed by atoms with Crippen LogP contribution in [0.25, 0.3) is 0 Å². The molecular formula is C14H19Cl2FN2. The number of halogens is 3. The Labute approximate surface area is 123 Å². The number of likely N-dealkylation sites (tertiary alicyclic amines) is 1. The quantitative estimate of drug-likeness (QED) is 0.831. The van der Waals surface area contributed by atoms with Crippen molar-refractivity contribution in [3.63, 3.8) is 0 Å². The molecule has 1 atom stereocenters. The van der Waals surface area contributed by atoms with E-state index in [0.717, 1.165) is 18.7 Å². The summed E-state index contributed by atoms with van der Waals surface area (Å²) >= 11 is 11.8. The second-order valence-electron chi connectivity index (χ2n) is 5.01. The Morgan fingerprint density at radius 1 is 1.26 bits per heavy atom. The number of hydrogen-bond acceptors (Lipinski definition) is 2. The third kappa shape index (κ3) is 4.06. The van der Waals surface area contributed by atoms with Crippen LogP contribution in [0.1, 0.15) is 31.4 Å². The second kappa shape index (κ2) is 6.89. The van der Waals surface area contributed by atoms with Crippen molar-refractivity contribution >= 4 is 23.2 Å². The van der Waals surface area contributed by atoms with Gasteiger partial charge in [0, 0.05) is 24.2 Å². The summed E-state index contributed by atoms with van der Waals surface area (Å²) in [6, 6.07) is 2.90. The molecule has 5 heteroatoms. The van der Waals surface area contributed by atoms with Crippen molar-refractivity contribution in [2.45, 2.75) is 25.8 Å². The fourth-order valence-corrected chi connectivity index (χ4v) is 2.97. The first-order valence-corrected chi connectivity index (χ1v) is 7.43. The Balaban J connectivity index is 1.88. The first-order chi connectivity index (χ1) is 9.08. The molecule has 0 bridgehead atoms. The van der Waals surface area contributed by atoms with E-state index >= 15 is 0 Å². The lowest BCUT2D eigenvalue weighted by molar-refractivity contribution is 0.329. The van der Waals surface area contributed by atoms with Crippen LogP contribution in [0, 0.1) is 5.82 Å². The maximum absolute atomic E-state index is 13.5. The smallest absolute Gasteiger partial charge is 0.142 e. The van der Waals surface area contributed by atoms with Gasteiger partial charge in [-0.25, -0.2) is 4.39 Å². The molecule has 0 aromatic heterocycles. The Kier molecular flexibility index (Phi) is 5.46. The molecule has 0 aliphatic carbocycles. The van der Waals surface area contributed by atoms with E-state index in [0.29, 0.717) is 5.02 Å². The molecule has 1 unspecified atom stereocenters. The van der Waals surface area contributed by atoms with E-state index in [4.69, 9.17) is 23.2 Å². The lowest BCUT2D eigenvalue weighted by atomic mass is 10.1. The number of benzene rings is 1. The summed E-state index contributed by atoms with van der Waals surface area (Å²) in [6.45, 7) is 6.26. The molecule has 0 amide bonds. The van der Waals surface area contributed by atoms with Crippen LogP contribution in [0.2, 0.25) is 10.0 Å². The van der Waals surface area contributed by atoms with Gasteiger partial charge in [0.05, 0.1) is 5.02 Å². The predicted molar refractivity (Wildman–Crippen MR) is 78.5 cm³/mol. The van der Waals surface area contributed by atoms with Crippen molar-refractivity contribution in [3.05, 3.63) is 33.6 Å². The number of nitrogens with one attached hydrogen (secondary N) is 1. The van der Waals surface area contributed by atoms with Gasteiger partial charge in [-0.1, -0.05) is 23.2 Å². The molecule has 1 aliphatic heterocycles. The van der Waals surface area contributed by atoms with Crippen LogP contribution in [0.3, 0.4) is 0 Å². The highest BCUT2D eigenvalue weighted by atomic mass is 35.5. The molecule has 1 fully saturated rings. The fraction of sp³-hybridized carbons (Fsp3) is 0.571. The molecule has 19 heavy (non-hydrogen) atoms. The van der Waals surface area contributed by atoms with Gasteiger partial charge in [0.15, 0.2) is 0 Å². The van der Waals surface area contributed by atoms with Crippen molar-refractivity contribution in [1.29, 1.82) is 0 Å². The molecule has 1 N–H and O–H groups in total. The Morgan fingerprint density at radius 3 is 2.63 bits per heavy atom. The van der Waals surface area contributed by atoms with E-state index in [2.05, 4.69) is 10.2 Å². The van der Waals surface area contributed by atoms with Crippen LogP contribution in [-0.2, 0) is 0 Å². The Bertz CT molecular complexity index is 434. The summed E-state index contributed by atoms with van der Waals surface area (Å²) in [5.41, 5.74) is 0.755. The first kappa shape index (κ1) is 15.0. The van der Waals surface area contributed by atoms with E-state index in [1.54, 1.807) is 0 Å². The average Bonchev–Trinajstić information content (AvgIpc) is 2.86. The maximum Gasteiger partial charge on any atom is 0.142 e. The van der Waals surface area contributed by atoms with Gasteiger partial charge in [0.25, 0.3) is 0 Å². The lowest BCUT2D eigenvalue weighted by Gasteiger charge is -2.19. The molecule has 1 aromatic carbocycles. The number of hydrogen-bond donors (Lipinski definition) is 1. The minimum atomic E-state index is -0.422. The molecule has 0 spiro atoms. The summed E-state index contributed by atoms with van der Waals surface area (Å²) in [4.78, 5) is 2.43. The normalized spacial score (nSPS) is 17.9. The van der Waals surface area contributed by atoms with Crippen LogP contribution < -0.4 is 5.32 Å². The predicted octanol–water partition coefficient (Wildman–Crippen LogP) is 3.88. The van der Waals surface area contributed by atoms with Crippen LogP contribution >= 0.6 is 23.2 Å². The summed E-state index contributed by atoms with van der Waals surface area (Å²) in [7, 11) is 0. The van der Waals surface area contributed by atoms with Gasteiger partial charge in [-0.15, -0.1) is 0 Å². The minimum absolute atomic E-state index is 0.0156. The largest absolute Gasteiger partial charge is 0.309 e. The van der Waals surface area contributed by atoms with Gasteiger partial charge in [-0.05, 0) is 50.6 Å². The highest BCUT2D eigenvalue weighted by Gasteiger charge is 2.14. The summed E-state index contributed by atoms with van der Waals surface area (Å²) in [5, 5.41) is 3.95. The summed E-state index contributed by atoms with van der Waals surface area (Å²) < 4.78 is 13.5. The lowest BCUT2D eigenvalue weighted by Crippen LogP contribution is -2.31. The van der Waals surface area contributed by atoms with Crippen LogP contribution in [0.4, 0.5) is 4.39 Å². The van der Waals surface area contributed by atoms with Gasteiger partial charge < -0.3 is 10.2 Å². The molecular weight excluding hydrogens is 286 g/mol. The summed E-state index contributed by atoms with van der Waals surface area (Å²) in [6.07, 6.45) is 2.59. The average molecular weight is 305 g/mol. The monoisotopic (exact) mass is 304 g/mol. The molecule has 2 nitrogen and oxygen atoms in total. The van der Waals surface area contributed by atoms with Crippen molar-refractivity contribution in [2.75, 3.05) is 26.2 Å². The van der Waals surface area contributed by atoms with Crippen LogP contribution in [-0.4, -0.2) is 31.1 Å². The molecule has 106 valence electrons. The summed E-state index contributed by atoms with van der Waals surface area (Å²) in [5.74, 6) is -0.422. The standard InChI is InChI=1S/C14H19Cl2FN2/c1-10(18-4-7-19-5-2-3-6-19)11-8-14(17)13(16)9-12(11)15/h8-10,18H,2-7H2,1H3. The maximum atomic E-state index is 13.5. The molecule has 0 radical (unpaired) electrons. The van der Waals surface area contributed by atoms with E-state index in [1.165, 1.54) is 38.1 Å². The highest BCUT2D eigenvalue weighted by Crippen LogP contribution is 2.28. The van der Waals surface area contributed by atoms with E-state index in [-0.39, 0.29) is 11.1 Å². The number of rotatable bonds is 5. The van der Waals surface area contributed by atoms with E-state index < -0.39 is 5.82 Å². The molecule has 1 aromatic rings. The van der Waals surface area contributed by atoms with Crippen LogP contribution in [0.15, 0.2) is 12.1 Å². The van der Waals surface area contributed by atoms with Gasteiger partial charge in [-0.3, -0.25) is 0 Å². The Hall–Kier alpha value is -0.350. The molecule has 1 saturated heterocycles. The third-order valence-corrected chi connectivity index (χ3v) is 4.20. The van der Waals surface area contributed by atoms with Crippen LogP contribution in [0.5, 0.6) is 0 Å². The molecule has 1 aliphatic rings. The van der Waals surface area contributed by atoms with Gasteiger partial charge in [-0.2, -0.15) is 0 Å². The third-order valence-electron chi connectivity index (χ3n) is 3.58. The van der Waals surface area contributed by atoms with Crippen molar-refractivity contribution < 1.29 is 4.39 Å². The zero-order valence-electron chi connectivity index (χ0n) is 11.1. The molecule has 0 saturated carbocycles. The second-order valence-corrected chi connectivity index (χ2v) is 5.83. The SMILES string of the molecule is CC(NCCN1CCCC1)c1cc(F)c(Cl)cc1Cl. The molecule has 1 heterocycles. The van der Waals surface area contributed by atoms with E-state index in [1.807, 2.05) is 6.92 Å². The van der Waals surface area contributed by atoms with Gasteiger partial charge >= 0.3 is 0 Å². The van der Waals surface area contributed by atoms with Gasteiger partial charge in [0.2, 0.25) is 0 Å². The van der Waals surface area contributed by atoms with Gasteiger partial charge in [0.1, 0.15) is 5.82 Å². The first-order valence-electron chi connectivity index (χ1n) is 6.68. The van der Waals surface area contributed by atoms with E-state index in [9.17, 15) is 4.39 Å². The zero-order chi connectivity index (χ0) is 13.8. The minimum Gasteiger partial charge on any atom is -0.309 e. The number of nitrogens with zero attached hydrogens (tertiary/aromatic N) is 1. The molecule has 2 rings (SSSR count). The highest BCUT2D eigenvalue weighted by molar-refractivity contribution is 6.35. The fourth-order valence-electron chi connectivity index (χ4n) is 2.43.